The number of halogens is 2. The van der Waals surface area contributed by atoms with E-state index in [0.29, 0.717) is 0 Å². The van der Waals surface area contributed by atoms with Crippen LogP contribution in [0.3, 0.4) is 0 Å². The lowest BCUT2D eigenvalue weighted by atomic mass is 10.1. The molecular weight excluding hydrogens is 319 g/mol. The summed E-state index contributed by atoms with van der Waals surface area (Å²) in [4.78, 5) is 23.9. The normalized spacial score (nSPS) is 28.5. The highest BCUT2D eigenvalue weighted by Gasteiger charge is 2.58. The van der Waals surface area contributed by atoms with Gasteiger partial charge < -0.3 is 4.90 Å². The van der Waals surface area contributed by atoms with Crippen molar-refractivity contribution in [1.29, 1.82) is 0 Å². The lowest BCUT2D eigenvalue weighted by molar-refractivity contribution is -0.384. The Labute approximate surface area is 116 Å². The molecule has 0 aromatic heterocycles. The molecule has 0 radical (unpaired) electrons. The van der Waals surface area contributed by atoms with Crippen molar-refractivity contribution in [2.24, 2.45) is 11.8 Å². The Morgan fingerprint density at radius 2 is 2.21 bits per heavy atom. The van der Waals surface area contributed by atoms with Crippen LogP contribution in [0.4, 0.5) is 15.8 Å². The third kappa shape index (κ3) is 1.75. The van der Waals surface area contributed by atoms with Crippen molar-refractivity contribution in [2.75, 3.05) is 4.90 Å². The molecule has 1 aliphatic carbocycles. The Balaban J connectivity index is 2.12. The van der Waals surface area contributed by atoms with Crippen molar-refractivity contribution in [3.05, 3.63) is 32.5 Å². The van der Waals surface area contributed by atoms with E-state index < -0.39 is 10.7 Å². The van der Waals surface area contributed by atoms with Crippen molar-refractivity contribution < 1.29 is 14.1 Å². The van der Waals surface area contributed by atoms with Gasteiger partial charge in [0, 0.05) is 12.0 Å². The van der Waals surface area contributed by atoms with Gasteiger partial charge in [0.2, 0.25) is 5.91 Å². The SMILES string of the molecule is C[C@H]1[C@H]2C[C@H]2C(=O)N1c1cc(Br)c(F)cc1[N+](=O)[O-]. The second-order valence-corrected chi connectivity index (χ2v) is 5.82. The largest absolute Gasteiger partial charge is 0.303 e. The van der Waals surface area contributed by atoms with Crippen molar-refractivity contribution in [3.8, 4) is 0 Å². The van der Waals surface area contributed by atoms with Gasteiger partial charge in [0.25, 0.3) is 5.69 Å². The van der Waals surface area contributed by atoms with Gasteiger partial charge in [-0.15, -0.1) is 0 Å². The number of nitro groups is 1. The number of fused-ring (bicyclic) bond motifs is 1. The number of anilines is 1. The van der Waals surface area contributed by atoms with Gasteiger partial charge in [0.05, 0.1) is 15.5 Å². The van der Waals surface area contributed by atoms with Crippen molar-refractivity contribution in [2.45, 2.75) is 19.4 Å². The molecule has 7 heteroatoms. The summed E-state index contributed by atoms with van der Waals surface area (Å²) in [7, 11) is 0. The highest BCUT2D eigenvalue weighted by molar-refractivity contribution is 9.10. The van der Waals surface area contributed by atoms with Crippen LogP contribution in [-0.2, 0) is 4.79 Å². The minimum Gasteiger partial charge on any atom is -0.303 e. The Morgan fingerprint density at radius 1 is 1.53 bits per heavy atom. The number of rotatable bonds is 2. The number of nitro benzene ring substituents is 1. The van der Waals surface area contributed by atoms with Gasteiger partial charge in [-0.25, -0.2) is 4.39 Å². The molecule has 0 unspecified atom stereocenters. The van der Waals surface area contributed by atoms with E-state index in [2.05, 4.69) is 15.9 Å². The van der Waals surface area contributed by atoms with E-state index in [9.17, 15) is 19.3 Å². The molecule has 1 aliphatic heterocycles. The number of hydrogen-bond donors (Lipinski definition) is 0. The lowest BCUT2D eigenvalue weighted by Gasteiger charge is -2.24. The lowest BCUT2D eigenvalue weighted by Crippen LogP contribution is -2.35. The monoisotopic (exact) mass is 328 g/mol. The molecule has 1 saturated carbocycles. The van der Waals surface area contributed by atoms with Gasteiger partial charge in [0.1, 0.15) is 11.5 Å². The summed E-state index contributed by atoms with van der Waals surface area (Å²) in [5.74, 6) is -0.548. The first-order valence-corrected chi connectivity index (χ1v) is 6.67. The summed E-state index contributed by atoms with van der Waals surface area (Å²) in [5, 5.41) is 11.0. The first-order valence-electron chi connectivity index (χ1n) is 5.88. The number of hydrogen-bond acceptors (Lipinski definition) is 3. The number of nitrogens with zero attached hydrogens (tertiary/aromatic N) is 2. The molecule has 1 saturated heterocycles. The maximum atomic E-state index is 13.4. The molecule has 3 atom stereocenters. The second kappa shape index (κ2) is 4.00. The first-order chi connectivity index (χ1) is 8.91. The fourth-order valence-corrected chi connectivity index (χ4v) is 3.14. The van der Waals surface area contributed by atoms with Crippen molar-refractivity contribution in [1.82, 2.24) is 0 Å². The average Bonchev–Trinajstić information content (AvgIpc) is 3.08. The van der Waals surface area contributed by atoms with Crippen LogP contribution in [0.1, 0.15) is 13.3 Å². The number of piperidine rings is 1. The minimum absolute atomic E-state index is 0.0153. The van der Waals surface area contributed by atoms with Crippen LogP contribution < -0.4 is 4.90 Å². The predicted octanol–water partition coefficient (Wildman–Crippen LogP) is 2.87. The molecule has 2 aliphatic rings. The van der Waals surface area contributed by atoms with Crippen LogP contribution in [0.15, 0.2) is 16.6 Å². The smallest absolute Gasteiger partial charge is 0.295 e. The molecule has 1 aromatic rings. The maximum absolute atomic E-state index is 13.4. The van der Waals surface area contributed by atoms with Crippen LogP contribution in [0, 0.1) is 27.8 Å². The standard InChI is InChI=1S/C12H10BrFN2O3/c1-5-6-2-7(6)12(17)15(5)10-3-8(13)9(14)4-11(10)16(18)19/h3-7H,2H2,1H3/t5-,6+,7+/m0/s1. The van der Waals surface area contributed by atoms with E-state index in [0.717, 1.165) is 12.5 Å². The van der Waals surface area contributed by atoms with Crippen molar-refractivity contribution in [3.63, 3.8) is 0 Å². The highest BCUT2D eigenvalue weighted by Crippen LogP contribution is 2.53. The van der Waals surface area contributed by atoms with Gasteiger partial charge in [0.15, 0.2) is 0 Å². The summed E-state index contributed by atoms with van der Waals surface area (Å²) in [6.07, 6.45) is 0.854. The van der Waals surface area contributed by atoms with Gasteiger partial charge in [-0.05, 0) is 41.3 Å². The molecule has 1 aromatic carbocycles. The first kappa shape index (κ1) is 12.5. The molecule has 2 fully saturated rings. The minimum atomic E-state index is -0.708. The van der Waals surface area contributed by atoms with Gasteiger partial charge in [-0.2, -0.15) is 0 Å². The summed E-state index contributed by atoms with van der Waals surface area (Å²) in [6.45, 7) is 1.87. The quantitative estimate of drug-likeness (QED) is 0.619. The van der Waals surface area contributed by atoms with E-state index in [1.165, 1.54) is 11.0 Å². The van der Waals surface area contributed by atoms with Gasteiger partial charge >= 0.3 is 0 Å². The van der Waals surface area contributed by atoms with E-state index in [4.69, 9.17) is 0 Å². The maximum Gasteiger partial charge on any atom is 0.295 e. The fourth-order valence-electron chi connectivity index (χ4n) is 2.81. The topological polar surface area (TPSA) is 63.5 Å². The Morgan fingerprint density at radius 3 is 2.74 bits per heavy atom. The average molecular weight is 329 g/mol. The number of benzene rings is 1. The molecule has 1 amide bonds. The zero-order chi connectivity index (χ0) is 13.9. The Bertz CT molecular complexity index is 607. The van der Waals surface area contributed by atoms with Gasteiger partial charge in [-0.3, -0.25) is 14.9 Å². The second-order valence-electron chi connectivity index (χ2n) is 4.97. The van der Waals surface area contributed by atoms with Gasteiger partial charge in [-0.1, -0.05) is 0 Å². The summed E-state index contributed by atoms with van der Waals surface area (Å²) in [5.41, 5.74) is -0.204. The van der Waals surface area contributed by atoms with Crippen LogP contribution in [0.5, 0.6) is 0 Å². The zero-order valence-electron chi connectivity index (χ0n) is 9.97. The number of carbonyl (C=O) groups excluding carboxylic acids is 1. The molecule has 100 valence electrons. The van der Waals surface area contributed by atoms with E-state index >= 15 is 0 Å². The molecule has 19 heavy (non-hydrogen) atoms. The molecule has 5 nitrogen and oxygen atoms in total. The summed E-state index contributed by atoms with van der Waals surface area (Å²) < 4.78 is 13.6. The Kier molecular flexibility index (Phi) is 2.63. The molecule has 0 N–H and O–H groups in total. The van der Waals surface area contributed by atoms with Crippen LogP contribution in [0.2, 0.25) is 0 Å². The number of amides is 1. The molecular formula is C12H10BrFN2O3. The van der Waals surface area contributed by atoms with Crippen LogP contribution in [-0.4, -0.2) is 16.9 Å². The highest BCUT2D eigenvalue weighted by atomic mass is 79.9. The molecule has 0 spiro atoms. The summed E-state index contributed by atoms with van der Waals surface area (Å²) in [6, 6.07) is 2.09. The molecule has 0 bridgehead atoms. The molecule has 3 rings (SSSR count). The third-order valence-electron chi connectivity index (χ3n) is 3.90. The third-order valence-corrected chi connectivity index (χ3v) is 4.50. The molecule has 1 heterocycles. The predicted molar refractivity (Wildman–Crippen MR) is 69.3 cm³/mol. The van der Waals surface area contributed by atoms with Crippen molar-refractivity contribution >= 4 is 33.2 Å². The van der Waals surface area contributed by atoms with E-state index in [1.54, 1.807) is 0 Å². The summed E-state index contributed by atoms with van der Waals surface area (Å²) >= 11 is 3.01. The number of carbonyl (C=O) groups is 1. The van der Waals surface area contributed by atoms with E-state index in [-0.39, 0.29) is 39.6 Å². The fraction of sp³-hybridized carbons (Fsp3) is 0.417. The van der Waals surface area contributed by atoms with Crippen LogP contribution >= 0.6 is 15.9 Å². The zero-order valence-corrected chi connectivity index (χ0v) is 11.6. The Hall–Kier alpha value is -1.50. The van der Waals surface area contributed by atoms with E-state index in [1.807, 2.05) is 6.92 Å². The van der Waals surface area contributed by atoms with Crippen LogP contribution in [0.25, 0.3) is 0 Å².